The first-order chi connectivity index (χ1) is 8.24. The summed E-state index contributed by atoms with van der Waals surface area (Å²) in [7, 11) is 0. The van der Waals surface area contributed by atoms with Gasteiger partial charge in [0, 0.05) is 34.3 Å². The summed E-state index contributed by atoms with van der Waals surface area (Å²) in [5.41, 5.74) is 7.29. The Morgan fingerprint density at radius 1 is 1.47 bits per heavy atom. The van der Waals surface area contributed by atoms with E-state index in [1.54, 1.807) is 17.5 Å². The Morgan fingerprint density at radius 3 is 3.12 bits per heavy atom. The average molecular weight is 245 g/mol. The molecule has 5 nitrogen and oxygen atoms in total. The Morgan fingerprint density at radius 2 is 2.35 bits per heavy atom. The number of thiophene rings is 1. The number of amidine groups is 1. The molecule has 17 heavy (non-hydrogen) atoms. The van der Waals surface area contributed by atoms with Gasteiger partial charge in [-0.2, -0.15) is 5.10 Å². The average Bonchev–Trinajstić information content (AvgIpc) is 2.96. The highest BCUT2D eigenvalue weighted by Crippen LogP contribution is 2.17. The van der Waals surface area contributed by atoms with Crippen molar-refractivity contribution in [2.24, 2.45) is 5.73 Å². The molecule has 0 spiro atoms. The molecule has 0 atom stereocenters. The molecule has 3 aromatic rings. The van der Waals surface area contributed by atoms with Crippen LogP contribution in [0.4, 0.5) is 0 Å². The van der Waals surface area contributed by atoms with Gasteiger partial charge in [0.1, 0.15) is 11.5 Å². The number of imidazole rings is 1. The Labute approximate surface area is 102 Å². The van der Waals surface area contributed by atoms with Gasteiger partial charge in [0.25, 0.3) is 0 Å². The molecule has 3 aromatic heterocycles. The molecular weight excluding hydrogens is 234 g/mol. The second-order valence-corrected chi connectivity index (χ2v) is 4.77. The summed E-state index contributed by atoms with van der Waals surface area (Å²) >= 11 is 1.62. The van der Waals surface area contributed by atoms with Crippen LogP contribution in [0, 0.1) is 5.41 Å². The Kier molecular flexibility index (Phi) is 2.22. The fourth-order valence-electron chi connectivity index (χ4n) is 1.78. The number of hydrogen-bond donors (Lipinski definition) is 2. The molecule has 3 N–H and O–H groups in total. The number of nitrogens with two attached hydrogens (primary N) is 1. The summed E-state index contributed by atoms with van der Waals surface area (Å²) in [5, 5.41) is 13.4. The summed E-state index contributed by atoms with van der Waals surface area (Å²) in [6, 6.07) is 3.93. The third-order valence-corrected chi connectivity index (χ3v) is 3.54. The molecule has 0 saturated heterocycles. The van der Waals surface area contributed by atoms with Crippen molar-refractivity contribution in [3.8, 4) is 0 Å². The van der Waals surface area contributed by atoms with Crippen LogP contribution in [0.2, 0.25) is 0 Å². The molecule has 86 valence electrons. The molecular formula is C11H11N5S. The lowest BCUT2D eigenvalue weighted by Gasteiger charge is -1.99. The molecule has 3 rings (SSSR count). The van der Waals surface area contributed by atoms with Crippen molar-refractivity contribution in [2.75, 3.05) is 0 Å². The number of nitrogens with zero attached hydrogens (tertiary/aromatic N) is 3. The monoisotopic (exact) mass is 245 g/mol. The first kappa shape index (κ1) is 10.1. The molecule has 0 aliphatic heterocycles. The van der Waals surface area contributed by atoms with Crippen LogP contribution in [-0.2, 0) is 6.54 Å². The standard InChI is InChI=1S/C11H11N5S/c12-11(13)8-5-9(17-7-8)6-15-3-4-16-10(15)1-2-14-16/h1-5,7H,6H2,(H3,12,13). The third kappa shape index (κ3) is 1.72. The second-order valence-electron chi connectivity index (χ2n) is 3.78. The number of fused-ring (bicyclic) bond motifs is 1. The van der Waals surface area contributed by atoms with Gasteiger partial charge in [0.2, 0.25) is 0 Å². The summed E-state index contributed by atoms with van der Waals surface area (Å²) in [6.45, 7) is 0.778. The highest BCUT2D eigenvalue weighted by Gasteiger charge is 2.05. The van der Waals surface area contributed by atoms with Crippen molar-refractivity contribution in [1.29, 1.82) is 5.41 Å². The van der Waals surface area contributed by atoms with Gasteiger partial charge in [-0.1, -0.05) is 0 Å². The molecule has 0 radical (unpaired) electrons. The Balaban J connectivity index is 1.91. The molecule has 3 heterocycles. The van der Waals surface area contributed by atoms with E-state index in [2.05, 4.69) is 9.67 Å². The normalized spacial score (nSPS) is 11.1. The summed E-state index contributed by atoms with van der Waals surface area (Å²) in [4.78, 5) is 1.18. The molecule has 6 heteroatoms. The van der Waals surface area contributed by atoms with Crippen LogP contribution in [0.3, 0.4) is 0 Å². The maximum Gasteiger partial charge on any atom is 0.136 e. The molecule has 0 amide bonds. The fourth-order valence-corrected chi connectivity index (χ4v) is 2.66. The molecule has 0 aliphatic rings. The molecule has 0 unspecified atom stereocenters. The molecule has 0 aliphatic carbocycles. The maximum atomic E-state index is 7.37. The van der Waals surface area contributed by atoms with E-state index in [1.165, 1.54) is 4.88 Å². The van der Waals surface area contributed by atoms with Crippen LogP contribution >= 0.6 is 11.3 Å². The minimum Gasteiger partial charge on any atom is -0.384 e. The van der Waals surface area contributed by atoms with Crippen LogP contribution in [0.5, 0.6) is 0 Å². The predicted octanol–water partition coefficient (Wildman–Crippen LogP) is 1.53. The van der Waals surface area contributed by atoms with Crippen molar-refractivity contribution in [3.05, 3.63) is 46.5 Å². The number of hydrogen-bond acceptors (Lipinski definition) is 3. The maximum absolute atomic E-state index is 7.37. The molecule has 0 saturated carbocycles. The number of aromatic nitrogens is 3. The topological polar surface area (TPSA) is 72.1 Å². The van der Waals surface area contributed by atoms with Crippen LogP contribution in [0.15, 0.2) is 36.1 Å². The zero-order valence-electron chi connectivity index (χ0n) is 9.00. The van der Waals surface area contributed by atoms with E-state index < -0.39 is 0 Å². The Hall–Kier alpha value is -2.08. The number of nitrogens with one attached hydrogen (secondary N) is 1. The van der Waals surface area contributed by atoms with Crippen molar-refractivity contribution in [3.63, 3.8) is 0 Å². The molecule has 0 bridgehead atoms. The second kappa shape index (κ2) is 3.74. The Bertz CT molecular complexity index is 675. The third-order valence-electron chi connectivity index (χ3n) is 2.62. The summed E-state index contributed by atoms with van der Waals surface area (Å²) in [6.07, 6.45) is 5.70. The zero-order chi connectivity index (χ0) is 11.8. The van der Waals surface area contributed by atoms with E-state index in [9.17, 15) is 0 Å². The van der Waals surface area contributed by atoms with E-state index >= 15 is 0 Å². The fraction of sp³-hybridized carbons (Fsp3) is 0.0909. The van der Waals surface area contributed by atoms with E-state index in [-0.39, 0.29) is 5.84 Å². The zero-order valence-corrected chi connectivity index (χ0v) is 9.81. The van der Waals surface area contributed by atoms with Crippen molar-refractivity contribution >= 4 is 22.8 Å². The van der Waals surface area contributed by atoms with Crippen LogP contribution in [-0.4, -0.2) is 20.0 Å². The molecule has 0 fully saturated rings. The lowest BCUT2D eigenvalue weighted by Crippen LogP contribution is -2.09. The highest BCUT2D eigenvalue weighted by atomic mass is 32.1. The van der Waals surface area contributed by atoms with Gasteiger partial charge in [0.15, 0.2) is 0 Å². The largest absolute Gasteiger partial charge is 0.384 e. The van der Waals surface area contributed by atoms with Gasteiger partial charge in [-0.25, -0.2) is 4.52 Å². The van der Waals surface area contributed by atoms with Crippen molar-refractivity contribution in [1.82, 2.24) is 14.2 Å². The lowest BCUT2D eigenvalue weighted by molar-refractivity contribution is 0.838. The SMILES string of the molecule is N=C(N)c1csc(Cn2ccn3nccc23)c1. The van der Waals surface area contributed by atoms with E-state index in [1.807, 2.05) is 34.4 Å². The van der Waals surface area contributed by atoms with Gasteiger partial charge >= 0.3 is 0 Å². The number of rotatable bonds is 3. The molecule has 0 aromatic carbocycles. The van der Waals surface area contributed by atoms with Gasteiger partial charge in [0.05, 0.1) is 12.7 Å². The van der Waals surface area contributed by atoms with Crippen molar-refractivity contribution < 1.29 is 0 Å². The van der Waals surface area contributed by atoms with Gasteiger partial charge in [-0.15, -0.1) is 11.3 Å². The van der Waals surface area contributed by atoms with Gasteiger partial charge < -0.3 is 10.3 Å². The smallest absolute Gasteiger partial charge is 0.136 e. The van der Waals surface area contributed by atoms with Crippen molar-refractivity contribution in [2.45, 2.75) is 6.54 Å². The first-order valence-corrected chi connectivity index (χ1v) is 6.02. The summed E-state index contributed by atoms with van der Waals surface area (Å²) < 4.78 is 3.95. The summed E-state index contributed by atoms with van der Waals surface area (Å²) in [5.74, 6) is 0.120. The highest BCUT2D eigenvalue weighted by molar-refractivity contribution is 7.10. The minimum atomic E-state index is 0.120. The minimum absolute atomic E-state index is 0.120. The van der Waals surface area contributed by atoms with E-state index in [0.29, 0.717) is 0 Å². The van der Waals surface area contributed by atoms with Gasteiger partial charge in [-0.3, -0.25) is 5.41 Å². The first-order valence-electron chi connectivity index (χ1n) is 5.14. The van der Waals surface area contributed by atoms with Gasteiger partial charge in [-0.05, 0) is 6.07 Å². The number of nitrogen functional groups attached to an aromatic ring is 1. The van der Waals surface area contributed by atoms with Crippen LogP contribution in [0.1, 0.15) is 10.4 Å². The van der Waals surface area contributed by atoms with E-state index in [0.717, 1.165) is 17.8 Å². The van der Waals surface area contributed by atoms with E-state index in [4.69, 9.17) is 11.1 Å². The van der Waals surface area contributed by atoms with Crippen LogP contribution < -0.4 is 5.73 Å². The predicted molar refractivity (Wildman–Crippen MR) is 67.6 cm³/mol. The van der Waals surface area contributed by atoms with Crippen LogP contribution in [0.25, 0.3) is 5.65 Å². The lowest BCUT2D eigenvalue weighted by atomic mass is 10.3. The quantitative estimate of drug-likeness (QED) is 0.542.